The van der Waals surface area contributed by atoms with Gasteiger partial charge in [-0.05, 0) is 97.1 Å². The Kier molecular flexibility index (Phi) is 31.1. The molecule has 5 N–H and O–H groups in total. The van der Waals surface area contributed by atoms with E-state index in [1.807, 2.05) is 55.4 Å². The van der Waals surface area contributed by atoms with Crippen LogP contribution in [0.3, 0.4) is 0 Å². The van der Waals surface area contributed by atoms with Gasteiger partial charge in [0, 0.05) is 27.0 Å². The van der Waals surface area contributed by atoms with Gasteiger partial charge in [-0.25, -0.2) is 38.4 Å². The predicted octanol–water partition coefficient (Wildman–Crippen LogP) is -0.369. The fraction of sp³-hybridized carbons (Fsp3) is 0.400. The molecule has 0 bridgehead atoms. The number of halogens is 1. The van der Waals surface area contributed by atoms with Gasteiger partial charge in [0.25, 0.3) is 6.47 Å². The Hall–Kier alpha value is -4.30. The van der Waals surface area contributed by atoms with E-state index >= 15 is 0 Å². The summed E-state index contributed by atoms with van der Waals surface area (Å²) in [6, 6.07) is 22.5. The van der Waals surface area contributed by atoms with Gasteiger partial charge in [0.05, 0.1) is 64.3 Å². The number of rotatable bonds is 18. The van der Waals surface area contributed by atoms with Crippen molar-refractivity contribution in [2.24, 2.45) is 21.7 Å². The maximum absolute atomic E-state index is 12.8. The smallest absolute Gasteiger partial charge is 1.00 e. The van der Waals surface area contributed by atoms with Crippen LogP contribution in [0.1, 0.15) is 140 Å². The minimum atomic E-state index is -1.09. The Labute approximate surface area is 556 Å². The molecule has 0 amide bonds. The molecule has 2 saturated carbocycles. The second kappa shape index (κ2) is 33.7. The molecule has 4 aromatic rings. The molecule has 4 aromatic carbocycles. The van der Waals surface area contributed by atoms with Crippen molar-refractivity contribution in [2.75, 3.05) is 38.4 Å². The summed E-state index contributed by atoms with van der Waals surface area (Å²) < 4.78 is 32.8. The molecule has 0 saturated heterocycles. The summed E-state index contributed by atoms with van der Waals surface area (Å²) in [5.41, 5.74) is -1.23. The molecule has 25 heteroatoms. The molecule has 0 aliphatic heterocycles. The number of hydrogen-bond acceptors (Lipinski definition) is 20. The molecule has 2 aliphatic carbocycles. The first-order valence-electron chi connectivity index (χ1n) is 23.8. The molecule has 2 aliphatic rings. The zero-order valence-corrected chi connectivity index (χ0v) is 53.8. The number of carbonyl (C=O) groups is 9. The van der Waals surface area contributed by atoms with Crippen LogP contribution in [0.4, 0.5) is 0 Å². The molecular weight excluding hydrogens is 1170 g/mol. The molecule has 0 atom stereocenters. The number of aliphatic hydroxyl groups is 3. The number of aliphatic hydroxyl groups excluding tert-OH is 3. The van der Waals surface area contributed by atoms with Gasteiger partial charge in [-0.1, -0.05) is 71.3 Å². The minimum Gasteiger partial charge on any atom is -1.00 e. The summed E-state index contributed by atoms with van der Waals surface area (Å²) >= 11 is 3.00. The van der Waals surface area contributed by atoms with Crippen LogP contribution in [0.15, 0.2) is 97.1 Å². The van der Waals surface area contributed by atoms with E-state index in [4.69, 9.17) is 64.0 Å². The van der Waals surface area contributed by atoms with E-state index in [9.17, 15) is 38.4 Å². The van der Waals surface area contributed by atoms with Crippen molar-refractivity contribution >= 4 is 70.2 Å². The summed E-state index contributed by atoms with van der Waals surface area (Å²) in [7, 11) is 0. The third-order valence-electron chi connectivity index (χ3n) is 12.5. The first kappa shape index (κ1) is 73.7. The summed E-state index contributed by atoms with van der Waals surface area (Å²) in [5.74, 6) is -5.76. The van der Waals surface area contributed by atoms with Crippen molar-refractivity contribution in [3.63, 3.8) is 0 Å². The van der Waals surface area contributed by atoms with Crippen molar-refractivity contribution in [2.45, 2.75) is 79.8 Å². The number of alkyl halides is 1. The van der Waals surface area contributed by atoms with Crippen LogP contribution in [-0.4, -0.2) is 143 Å². The van der Waals surface area contributed by atoms with E-state index in [1.54, 1.807) is 0 Å². The molecule has 0 unspecified atom stereocenters. The second-order valence-electron chi connectivity index (χ2n) is 19.7. The van der Waals surface area contributed by atoms with E-state index in [1.165, 1.54) is 97.1 Å². The topological polar surface area (TPSA) is 342 Å². The largest absolute Gasteiger partial charge is 1.00 e. The Morgan fingerprint density at radius 3 is 0.762 bits per heavy atom. The molecule has 0 radical (unpaired) electrons. The van der Waals surface area contributed by atoms with E-state index in [0.717, 1.165) is 0 Å². The number of benzene rings is 4. The molecular formula is C55H63BrK2O22. The third-order valence-corrected chi connectivity index (χ3v) is 12.9. The van der Waals surface area contributed by atoms with Crippen molar-refractivity contribution < 1.29 is 211 Å². The number of hydrogen-bond donors (Lipinski definition) is 5. The van der Waals surface area contributed by atoms with Gasteiger partial charge >= 0.3 is 151 Å². The molecule has 22 nitrogen and oxygen atoms in total. The molecule has 0 heterocycles. The SMILES string of the molecule is CC1(C)C(OC(=O)c2ccc(C(=O)O)cc2)C(C)(C)C1OC(=O)c1ccc(C(=O)O)cc1.CC1(C)C(OC(=O)c2ccc(C(=O)OCCO)cc2)C(C)(C)C1OC(=O)c1ccc(C(=O)OCCO)cc1.O=CO[O-].OCCBr.[H-].[K+].[K+]. The Morgan fingerprint density at radius 2 is 0.613 bits per heavy atom. The maximum Gasteiger partial charge on any atom is 1.00 e. The van der Waals surface area contributed by atoms with Crippen LogP contribution in [0, 0.1) is 21.7 Å². The Bertz CT molecular complexity index is 2530. The first-order valence-corrected chi connectivity index (χ1v) is 24.9. The van der Waals surface area contributed by atoms with Crippen LogP contribution in [0.2, 0.25) is 0 Å². The molecule has 6 rings (SSSR count). The quantitative estimate of drug-likeness (QED) is 0.0161. The fourth-order valence-electron chi connectivity index (χ4n) is 9.53. The zero-order chi connectivity index (χ0) is 58.8. The summed E-state index contributed by atoms with van der Waals surface area (Å²) in [4.78, 5) is 108. The number of carboxylic acid groups (broad SMARTS) is 2. The van der Waals surface area contributed by atoms with Crippen molar-refractivity contribution in [3.8, 4) is 0 Å². The average Bonchev–Trinajstić information content (AvgIpc) is 3.42. The number of esters is 6. The van der Waals surface area contributed by atoms with E-state index < -0.39 is 93.8 Å². The monoisotopic (exact) mass is 1230 g/mol. The van der Waals surface area contributed by atoms with Crippen molar-refractivity contribution in [1.29, 1.82) is 0 Å². The van der Waals surface area contributed by atoms with Gasteiger partial charge in [0.15, 0.2) is 0 Å². The van der Waals surface area contributed by atoms with E-state index in [-0.39, 0.29) is 188 Å². The summed E-state index contributed by atoms with van der Waals surface area (Å²) in [6.07, 6.45) is -2.26. The van der Waals surface area contributed by atoms with Crippen LogP contribution in [0.25, 0.3) is 0 Å². The van der Waals surface area contributed by atoms with E-state index in [0.29, 0.717) is 5.33 Å². The van der Waals surface area contributed by atoms with Crippen LogP contribution in [0.5, 0.6) is 0 Å². The average molecular weight is 1230 g/mol. The zero-order valence-electron chi connectivity index (χ0n) is 46.9. The van der Waals surface area contributed by atoms with Gasteiger partial charge in [0.1, 0.15) is 37.6 Å². The van der Waals surface area contributed by atoms with Crippen LogP contribution in [-0.2, 0) is 38.1 Å². The standard InChI is InChI=1S/C28H32O10.C24H24O8.C2H5BrO.CH2O3.2K.H/c1-27(2)25(37-23(33)19-9-5-17(6-10-19)21(31)35-15-13-29)28(3,4)26(27)38-24(34)20-11-7-18(8-12-20)22(32)36-16-14-30;1-23(2)21(31-19(29)15-9-5-13(6-10-15)17(25)26)24(3,4)22(23)32-20(30)16-11-7-14(8-12-16)18(27)28;3-1-2-4;2-1-4-3;;;/h5-12,25-26,29-30H,13-16H2,1-4H3;5-12,21-22H,1-4H3,(H,25,26)(H,27,28);4H,1-2H2;1,3H;;;/q;;;;2*+1;-1/p-1. The first-order chi connectivity index (χ1) is 36.6. The maximum atomic E-state index is 12.8. The number of carboxylic acids is 2. The minimum absolute atomic E-state index is 0. The Balaban J connectivity index is 0.00000136. The fourth-order valence-corrected chi connectivity index (χ4v) is 9.53. The summed E-state index contributed by atoms with van der Waals surface area (Å²) in [5, 5.41) is 52.4. The van der Waals surface area contributed by atoms with Crippen molar-refractivity contribution in [1.82, 2.24) is 0 Å². The van der Waals surface area contributed by atoms with Gasteiger partial charge < -0.3 is 65.5 Å². The third kappa shape index (κ3) is 19.4. The van der Waals surface area contributed by atoms with E-state index in [2.05, 4.69) is 20.8 Å². The molecule has 0 spiro atoms. The Morgan fingerprint density at radius 1 is 0.438 bits per heavy atom. The number of ether oxygens (including phenoxy) is 6. The van der Waals surface area contributed by atoms with Gasteiger partial charge in [-0.3, -0.25) is 4.79 Å². The van der Waals surface area contributed by atoms with Crippen molar-refractivity contribution in [3.05, 3.63) is 142 Å². The molecule has 424 valence electrons. The second-order valence-corrected chi connectivity index (χ2v) is 20.5. The predicted molar refractivity (Wildman–Crippen MR) is 276 cm³/mol. The number of carbonyl (C=O) groups excluding carboxylic acids is 7. The van der Waals surface area contributed by atoms with Gasteiger partial charge in [-0.2, -0.15) is 0 Å². The normalized spacial score (nSPS) is 17.9. The summed E-state index contributed by atoms with van der Waals surface area (Å²) in [6.45, 7) is 13.9. The molecule has 0 aromatic heterocycles. The van der Waals surface area contributed by atoms with Crippen LogP contribution >= 0.6 is 15.9 Å². The molecule has 2 fully saturated rings. The number of aromatic carboxylic acids is 2. The van der Waals surface area contributed by atoms with Gasteiger partial charge in [-0.15, -0.1) is 0 Å². The van der Waals surface area contributed by atoms with Crippen LogP contribution < -0.4 is 108 Å². The molecule has 80 heavy (non-hydrogen) atoms. The van der Waals surface area contributed by atoms with Gasteiger partial charge in [0.2, 0.25) is 0 Å².